The van der Waals surface area contributed by atoms with Gasteiger partial charge in [0.25, 0.3) is 5.91 Å². The van der Waals surface area contributed by atoms with Crippen molar-refractivity contribution in [2.75, 3.05) is 19.6 Å². The molecule has 4 heteroatoms. The van der Waals surface area contributed by atoms with E-state index in [1.54, 1.807) is 11.3 Å². The highest BCUT2D eigenvalue weighted by atomic mass is 32.1. The van der Waals surface area contributed by atoms with E-state index in [0.29, 0.717) is 6.54 Å². The molecule has 0 bridgehead atoms. The standard InChI is InChI=1S/C19H24N2OS/c22-18(15-21-12-6-1-2-7-13-21)20-19(17-11-8-14-23-17)16-9-4-3-5-10-16/h3-5,8-11,14,19H,1-2,6-7,12-13,15H2,(H,20,22)/p+1/t19-/m1/s1. The van der Waals surface area contributed by atoms with Crippen LogP contribution in [0.2, 0.25) is 0 Å². The smallest absolute Gasteiger partial charge is 0.275 e. The van der Waals surface area contributed by atoms with Crippen molar-refractivity contribution in [1.82, 2.24) is 5.32 Å². The van der Waals surface area contributed by atoms with Crippen molar-refractivity contribution in [3.63, 3.8) is 0 Å². The highest BCUT2D eigenvalue weighted by molar-refractivity contribution is 7.10. The van der Waals surface area contributed by atoms with Crippen LogP contribution in [-0.4, -0.2) is 25.5 Å². The van der Waals surface area contributed by atoms with Gasteiger partial charge in [-0.3, -0.25) is 4.79 Å². The van der Waals surface area contributed by atoms with Crippen LogP contribution >= 0.6 is 11.3 Å². The van der Waals surface area contributed by atoms with Gasteiger partial charge in [0, 0.05) is 4.88 Å². The SMILES string of the molecule is O=C(C[NH+]1CCCCCC1)N[C@H](c1ccccc1)c1cccs1. The lowest BCUT2D eigenvalue weighted by molar-refractivity contribution is -0.891. The van der Waals surface area contributed by atoms with Crippen LogP contribution in [0.4, 0.5) is 0 Å². The Hall–Kier alpha value is -1.65. The Kier molecular flexibility index (Phi) is 5.83. The van der Waals surface area contributed by atoms with E-state index in [1.165, 1.54) is 35.5 Å². The summed E-state index contributed by atoms with van der Waals surface area (Å²) < 4.78 is 0. The molecule has 1 saturated heterocycles. The zero-order chi connectivity index (χ0) is 15.9. The maximum Gasteiger partial charge on any atom is 0.275 e. The minimum absolute atomic E-state index is 0.0323. The van der Waals surface area contributed by atoms with Crippen molar-refractivity contribution in [2.45, 2.75) is 31.7 Å². The molecule has 1 fully saturated rings. The number of quaternary nitrogens is 1. The Morgan fingerprint density at radius 3 is 2.43 bits per heavy atom. The molecule has 0 saturated carbocycles. The fraction of sp³-hybridized carbons (Fsp3) is 0.421. The van der Waals surface area contributed by atoms with Gasteiger partial charge in [-0.05, 0) is 42.7 Å². The van der Waals surface area contributed by atoms with Gasteiger partial charge in [0.15, 0.2) is 6.54 Å². The summed E-state index contributed by atoms with van der Waals surface area (Å²) in [6.45, 7) is 2.85. The molecule has 2 heterocycles. The summed E-state index contributed by atoms with van der Waals surface area (Å²) in [6, 6.07) is 14.4. The molecule has 0 unspecified atom stereocenters. The number of amides is 1. The second-order valence-electron chi connectivity index (χ2n) is 6.27. The largest absolute Gasteiger partial charge is 0.339 e. The summed E-state index contributed by atoms with van der Waals surface area (Å²) in [5.74, 6) is 0.157. The fourth-order valence-electron chi connectivity index (χ4n) is 3.26. The summed E-state index contributed by atoms with van der Waals surface area (Å²) in [5, 5.41) is 5.32. The van der Waals surface area contributed by atoms with Gasteiger partial charge >= 0.3 is 0 Å². The predicted octanol–water partition coefficient (Wildman–Crippen LogP) is 2.41. The van der Waals surface area contributed by atoms with Crippen molar-refractivity contribution in [3.8, 4) is 0 Å². The number of nitrogens with one attached hydrogen (secondary N) is 2. The quantitative estimate of drug-likeness (QED) is 0.868. The van der Waals surface area contributed by atoms with E-state index in [4.69, 9.17) is 0 Å². The molecule has 0 aliphatic carbocycles. The Morgan fingerprint density at radius 1 is 1.04 bits per heavy atom. The van der Waals surface area contributed by atoms with Gasteiger partial charge in [-0.25, -0.2) is 0 Å². The monoisotopic (exact) mass is 329 g/mol. The number of rotatable bonds is 5. The average molecular weight is 329 g/mol. The molecule has 0 radical (unpaired) electrons. The zero-order valence-corrected chi connectivity index (χ0v) is 14.3. The average Bonchev–Trinajstić information content (AvgIpc) is 2.99. The second kappa shape index (κ2) is 8.27. The van der Waals surface area contributed by atoms with Crippen LogP contribution in [-0.2, 0) is 4.79 Å². The molecule has 1 aromatic carbocycles. The van der Waals surface area contributed by atoms with Gasteiger partial charge in [0.2, 0.25) is 0 Å². The minimum atomic E-state index is -0.0323. The summed E-state index contributed by atoms with van der Waals surface area (Å²) in [7, 11) is 0. The van der Waals surface area contributed by atoms with Crippen LogP contribution in [0.5, 0.6) is 0 Å². The lowest BCUT2D eigenvalue weighted by Gasteiger charge is -2.21. The zero-order valence-electron chi connectivity index (χ0n) is 13.5. The Morgan fingerprint density at radius 2 is 1.78 bits per heavy atom. The van der Waals surface area contributed by atoms with Crippen LogP contribution < -0.4 is 10.2 Å². The van der Waals surface area contributed by atoms with Crippen LogP contribution in [0, 0.1) is 0 Å². The lowest BCUT2D eigenvalue weighted by atomic mass is 10.1. The Bertz CT molecular complexity index is 589. The van der Waals surface area contributed by atoms with Gasteiger partial charge in [-0.1, -0.05) is 36.4 Å². The third kappa shape index (κ3) is 4.66. The van der Waals surface area contributed by atoms with Crippen molar-refractivity contribution >= 4 is 17.2 Å². The van der Waals surface area contributed by atoms with Gasteiger partial charge < -0.3 is 10.2 Å². The molecular weight excluding hydrogens is 304 g/mol. The molecule has 1 aromatic heterocycles. The highest BCUT2D eigenvalue weighted by Crippen LogP contribution is 2.25. The first-order valence-corrected chi connectivity index (χ1v) is 9.42. The van der Waals surface area contributed by atoms with Crippen LogP contribution in [0.25, 0.3) is 0 Å². The normalized spacial score (nSPS) is 17.4. The Balaban J connectivity index is 1.67. The van der Waals surface area contributed by atoms with Gasteiger partial charge in [0.05, 0.1) is 19.1 Å². The fourth-order valence-corrected chi connectivity index (χ4v) is 4.07. The van der Waals surface area contributed by atoms with E-state index in [1.807, 2.05) is 24.3 Å². The third-order valence-electron chi connectivity index (χ3n) is 4.49. The van der Waals surface area contributed by atoms with Gasteiger partial charge in [0.1, 0.15) is 0 Å². The second-order valence-corrected chi connectivity index (χ2v) is 7.25. The first-order valence-electron chi connectivity index (χ1n) is 8.54. The van der Waals surface area contributed by atoms with Crippen LogP contribution in [0.15, 0.2) is 47.8 Å². The number of thiophene rings is 1. The molecular formula is C19H25N2OS+. The number of carbonyl (C=O) groups excluding carboxylic acids is 1. The van der Waals surface area contributed by atoms with E-state index in [2.05, 4.69) is 28.9 Å². The molecule has 122 valence electrons. The van der Waals surface area contributed by atoms with E-state index < -0.39 is 0 Å². The first kappa shape index (κ1) is 16.2. The molecule has 23 heavy (non-hydrogen) atoms. The van der Waals surface area contributed by atoms with Crippen LogP contribution in [0.3, 0.4) is 0 Å². The van der Waals surface area contributed by atoms with Crippen molar-refractivity contribution in [2.24, 2.45) is 0 Å². The maximum absolute atomic E-state index is 12.6. The van der Waals surface area contributed by atoms with Crippen molar-refractivity contribution in [3.05, 3.63) is 58.3 Å². The highest BCUT2D eigenvalue weighted by Gasteiger charge is 2.21. The van der Waals surface area contributed by atoms with Gasteiger partial charge in [-0.15, -0.1) is 11.3 Å². The summed E-state index contributed by atoms with van der Waals surface area (Å²) in [4.78, 5) is 15.2. The summed E-state index contributed by atoms with van der Waals surface area (Å²) >= 11 is 1.70. The molecule has 2 aromatic rings. The maximum atomic E-state index is 12.6. The molecule has 3 rings (SSSR count). The van der Waals surface area contributed by atoms with Gasteiger partial charge in [-0.2, -0.15) is 0 Å². The van der Waals surface area contributed by atoms with E-state index >= 15 is 0 Å². The molecule has 1 atom stereocenters. The van der Waals surface area contributed by atoms with Crippen LogP contribution in [0.1, 0.15) is 42.2 Å². The Labute approximate surface area is 142 Å². The predicted molar refractivity (Wildman–Crippen MR) is 94.8 cm³/mol. The number of hydrogen-bond donors (Lipinski definition) is 2. The number of likely N-dealkylation sites (tertiary alicyclic amines) is 1. The first-order chi connectivity index (χ1) is 11.3. The lowest BCUT2D eigenvalue weighted by Crippen LogP contribution is -3.13. The van der Waals surface area contributed by atoms with E-state index in [-0.39, 0.29) is 11.9 Å². The molecule has 0 spiro atoms. The summed E-state index contributed by atoms with van der Waals surface area (Å²) in [6.07, 6.45) is 5.12. The number of benzene rings is 1. The number of carbonyl (C=O) groups is 1. The minimum Gasteiger partial charge on any atom is -0.339 e. The number of hydrogen-bond acceptors (Lipinski definition) is 2. The summed E-state index contributed by atoms with van der Waals surface area (Å²) in [5.41, 5.74) is 1.15. The topological polar surface area (TPSA) is 33.5 Å². The molecule has 1 aliphatic rings. The molecule has 1 amide bonds. The van der Waals surface area contributed by atoms with Crippen molar-refractivity contribution in [1.29, 1.82) is 0 Å². The third-order valence-corrected chi connectivity index (χ3v) is 5.42. The van der Waals surface area contributed by atoms with Crippen molar-refractivity contribution < 1.29 is 9.69 Å². The molecule has 2 N–H and O–H groups in total. The van der Waals surface area contributed by atoms with E-state index in [0.717, 1.165) is 18.7 Å². The molecule has 1 aliphatic heterocycles. The van der Waals surface area contributed by atoms with E-state index in [9.17, 15) is 4.79 Å². The molecule has 3 nitrogen and oxygen atoms in total.